The lowest BCUT2D eigenvalue weighted by Gasteiger charge is -2.33. The smallest absolute Gasteiger partial charge is 0.421 e. The molecule has 0 saturated carbocycles. The van der Waals surface area contributed by atoms with E-state index >= 15 is 0 Å². The summed E-state index contributed by atoms with van der Waals surface area (Å²) in [4.78, 5) is 55.6. The first-order valence-corrected chi connectivity index (χ1v) is 10.9. The van der Waals surface area contributed by atoms with Crippen molar-refractivity contribution in [2.24, 2.45) is 5.92 Å². The van der Waals surface area contributed by atoms with E-state index in [0.29, 0.717) is 5.56 Å². The van der Waals surface area contributed by atoms with Crippen LogP contribution in [0, 0.1) is 11.7 Å². The van der Waals surface area contributed by atoms with Gasteiger partial charge < -0.3 is 4.74 Å². The van der Waals surface area contributed by atoms with Gasteiger partial charge in [-0.25, -0.2) is 14.1 Å². The lowest BCUT2D eigenvalue weighted by Crippen LogP contribution is -2.51. The van der Waals surface area contributed by atoms with Crippen molar-refractivity contribution in [3.05, 3.63) is 78.1 Å². The molecule has 0 radical (unpaired) electrons. The molecule has 2 aromatic rings. The third-order valence-corrected chi connectivity index (χ3v) is 6.05. The number of hydrogen-bond donors (Lipinski definition) is 0. The molecule has 176 valence electrons. The molecule has 8 heteroatoms. The Labute approximate surface area is 196 Å². The highest BCUT2D eigenvalue weighted by atomic mass is 19.1. The van der Waals surface area contributed by atoms with Crippen molar-refractivity contribution in [2.75, 3.05) is 11.4 Å². The first-order chi connectivity index (χ1) is 16.0. The molecule has 2 heterocycles. The van der Waals surface area contributed by atoms with E-state index in [2.05, 4.69) is 6.58 Å². The zero-order valence-electron chi connectivity index (χ0n) is 19.2. The van der Waals surface area contributed by atoms with E-state index in [9.17, 15) is 23.6 Å². The van der Waals surface area contributed by atoms with Crippen LogP contribution in [0.15, 0.2) is 61.2 Å². The minimum atomic E-state index is -1.79. The molecule has 1 unspecified atom stereocenters. The number of carbonyl (C=O) groups excluding carboxylic acids is 4. The number of carbonyl (C=O) groups is 4. The van der Waals surface area contributed by atoms with Crippen molar-refractivity contribution < 1.29 is 28.3 Å². The molecule has 4 amide bonds. The highest BCUT2D eigenvalue weighted by molar-refractivity contribution is 6.24. The lowest BCUT2D eigenvalue weighted by molar-refractivity contribution is -0.140. The van der Waals surface area contributed by atoms with Gasteiger partial charge in [0.15, 0.2) is 0 Å². The summed E-state index contributed by atoms with van der Waals surface area (Å²) in [6, 6.07) is 12.0. The Morgan fingerprint density at radius 3 is 2.47 bits per heavy atom. The molecule has 2 aliphatic heterocycles. The molecule has 0 spiro atoms. The monoisotopic (exact) mass is 464 g/mol. The lowest BCUT2D eigenvalue weighted by atomic mass is 9.65. The van der Waals surface area contributed by atoms with Crippen molar-refractivity contribution in [1.29, 1.82) is 0 Å². The zero-order valence-corrected chi connectivity index (χ0v) is 19.2. The topological polar surface area (TPSA) is 84.0 Å². The van der Waals surface area contributed by atoms with Crippen LogP contribution in [0.25, 0.3) is 0 Å². The molecule has 1 fully saturated rings. The molecule has 0 aromatic heterocycles. The first kappa shape index (κ1) is 23.4. The second-order valence-corrected chi connectivity index (χ2v) is 9.34. The maximum atomic E-state index is 14.6. The quantitative estimate of drug-likeness (QED) is 0.505. The summed E-state index contributed by atoms with van der Waals surface area (Å²) < 4.78 is 20.1. The maximum absolute atomic E-state index is 14.6. The summed E-state index contributed by atoms with van der Waals surface area (Å²) in [6.07, 6.45) is 0.207. The van der Waals surface area contributed by atoms with Crippen LogP contribution in [0.5, 0.6) is 0 Å². The van der Waals surface area contributed by atoms with Crippen LogP contribution in [-0.4, -0.2) is 40.9 Å². The molecule has 2 aliphatic rings. The number of benzene rings is 2. The number of fused-ring (bicyclic) bond motifs is 1. The molecule has 4 rings (SSSR count). The Hall–Kier alpha value is -3.81. The first-order valence-electron chi connectivity index (χ1n) is 10.9. The number of likely N-dealkylation sites (tertiary alicyclic amines) is 1. The molecule has 0 N–H and O–H groups in total. The van der Waals surface area contributed by atoms with Gasteiger partial charge in [0.2, 0.25) is 11.8 Å². The van der Waals surface area contributed by atoms with Crippen LogP contribution in [0.2, 0.25) is 0 Å². The summed E-state index contributed by atoms with van der Waals surface area (Å²) in [7, 11) is 0. The van der Waals surface area contributed by atoms with Gasteiger partial charge >= 0.3 is 6.09 Å². The van der Waals surface area contributed by atoms with Crippen molar-refractivity contribution in [2.45, 2.75) is 38.2 Å². The van der Waals surface area contributed by atoms with E-state index in [1.807, 2.05) is 0 Å². The highest BCUT2D eigenvalue weighted by Crippen LogP contribution is 2.54. The van der Waals surface area contributed by atoms with Crippen LogP contribution in [0.4, 0.5) is 14.9 Å². The molecule has 0 aliphatic carbocycles. The Kier molecular flexibility index (Phi) is 5.63. The highest BCUT2D eigenvalue weighted by Gasteiger charge is 2.64. The third kappa shape index (κ3) is 3.50. The van der Waals surface area contributed by atoms with Crippen LogP contribution in [0.3, 0.4) is 0 Å². The zero-order chi connectivity index (χ0) is 24.8. The van der Waals surface area contributed by atoms with E-state index in [-0.39, 0.29) is 24.2 Å². The van der Waals surface area contributed by atoms with Gasteiger partial charge in [-0.3, -0.25) is 19.3 Å². The van der Waals surface area contributed by atoms with E-state index < -0.39 is 46.6 Å². The van der Waals surface area contributed by atoms with Crippen LogP contribution in [0.1, 0.15) is 38.3 Å². The maximum Gasteiger partial charge on any atom is 0.421 e. The number of halogens is 1. The second-order valence-electron chi connectivity index (χ2n) is 9.34. The molecule has 0 bridgehead atoms. The Morgan fingerprint density at radius 2 is 1.85 bits per heavy atom. The minimum absolute atomic E-state index is 0.0149. The number of anilines is 1. The number of nitrogens with zero attached hydrogens (tertiary/aromatic N) is 2. The summed E-state index contributed by atoms with van der Waals surface area (Å²) >= 11 is 0. The summed E-state index contributed by atoms with van der Waals surface area (Å²) in [6.45, 7) is 8.56. The van der Waals surface area contributed by atoms with Gasteiger partial charge in [0.05, 0.1) is 11.6 Å². The summed E-state index contributed by atoms with van der Waals surface area (Å²) in [5.74, 6) is -3.63. The van der Waals surface area contributed by atoms with Crippen molar-refractivity contribution in [3.8, 4) is 0 Å². The Bertz CT molecular complexity index is 1200. The molecule has 34 heavy (non-hydrogen) atoms. The van der Waals surface area contributed by atoms with Gasteiger partial charge in [-0.15, -0.1) is 6.58 Å². The van der Waals surface area contributed by atoms with Gasteiger partial charge in [-0.05, 0) is 44.5 Å². The predicted octanol–water partition coefficient (Wildman–Crippen LogP) is 3.95. The number of hydrogen-bond acceptors (Lipinski definition) is 5. The molecular weight excluding hydrogens is 439 g/mol. The summed E-state index contributed by atoms with van der Waals surface area (Å²) in [5, 5.41) is 0. The van der Waals surface area contributed by atoms with Crippen molar-refractivity contribution in [1.82, 2.24) is 4.90 Å². The van der Waals surface area contributed by atoms with Gasteiger partial charge in [0, 0.05) is 18.5 Å². The van der Waals surface area contributed by atoms with E-state index in [0.717, 1.165) is 21.9 Å². The number of ether oxygens (including phenoxy) is 1. The third-order valence-electron chi connectivity index (χ3n) is 6.05. The van der Waals surface area contributed by atoms with Gasteiger partial charge in [0.25, 0.3) is 5.91 Å². The fraction of sp³-hybridized carbons (Fsp3) is 0.308. The molecule has 1 saturated heterocycles. The Balaban J connectivity index is 1.99. The molecule has 2 aromatic carbocycles. The fourth-order valence-corrected chi connectivity index (χ4v) is 4.77. The second kappa shape index (κ2) is 8.20. The van der Waals surface area contributed by atoms with E-state index in [1.165, 1.54) is 12.1 Å². The van der Waals surface area contributed by atoms with Gasteiger partial charge in [-0.1, -0.05) is 36.4 Å². The van der Waals surface area contributed by atoms with Gasteiger partial charge in [-0.2, -0.15) is 0 Å². The van der Waals surface area contributed by atoms with Crippen LogP contribution >= 0.6 is 0 Å². The average molecular weight is 464 g/mol. The standard InChI is InChI=1S/C26H25FN2O5/c1-5-13-28-21(30)15-19(22(28)31)26(16-9-7-6-8-10-16)18-14-17(27)11-12-20(18)29(23(26)32)24(33)34-25(2,3)4/h5-12,14,19H,1,13,15H2,2-4H3/t19-,26?/m1/s1. The van der Waals surface area contributed by atoms with Crippen molar-refractivity contribution >= 4 is 29.5 Å². The fourth-order valence-electron chi connectivity index (χ4n) is 4.77. The van der Waals surface area contributed by atoms with Gasteiger partial charge in [0.1, 0.15) is 16.8 Å². The molecule has 2 atom stereocenters. The summed E-state index contributed by atoms with van der Waals surface area (Å²) in [5.41, 5.74) is -2.06. The SMILES string of the molecule is C=CCN1C(=O)C[C@@H](C2(c3ccccc3)C(=O)N(C(=O)OC(C)(C)C)c3ccc(F)cc32)C1=O. The number of rotatable bonds is 4. The average Bonchev–Trinajstić information content (AvgIpc) is 3.18. The van der Waals surface area contributed by atoms with E-state index in [4.69, 9.17) is 4.74 Å². The normalized spacial score (nSPS) is 22.2. The van der Waals surface area contributed by atoms with Crippen LogP contribution in [-0.2, 0) is 24.5 Å². The largest absolute Gasteiger partial charge is 0.443 e. The molecule has 7 nitrogen and oxygen atoms in total. The van der Waals surface area contributed by atoms with E-state index in [1.54, 1.807) is 51.1 Å². The molecular formula is C26H25FN2O5. The van der Waals surface area contributed by atoms with Crippen LogP contribution < -0.4 is 4.90 Å². The predicted molar refractivity (Wildman–Crippen MR) is 122 cm³/mol. The number of imide groups is 2. The number of amides is 4. The van der Waals surface area contributed by atoms with Crippen molar-refractivity contribution in [3.63, 3.8) is 0 Å². The Morgan fingerprint density at radius 1 is 1.18 bits per heavy atom. The minimum Gasteiger partial charge on any atom is -0.443 e.